The van der Waals surface area contributed by atoms with Crippen LogP contribution in [-0.4, -0.2) is 38.2 Å². The molecule has 0 atom stereocenters. The molecule has 166 valence electrons. The van der Waals surface area contributed by atoms with Gasteiger partial charge in [0.05, 0.1) is 30.1 Å². The SMILES string of the molecule is COc1cc(/C=N\NC(=O)C2(C)OCCO2)cc(I)c1OCc1cccc2ccccc12. The van der Waals surface area contributed by atoms with Gasteiger partial charge in [-0.3, -0.25) is 4.79 Å². The minimum Gasteiger partial charge on any atom is -0.493 e. The lowest BCUT2D eigenvalue weighted by Gasteiger charge is -2.19. The van der Waals surface area contributed by atoms with Crippen LogP contribution in [0.1, 0.15) is 18.1 Å². The van der Waals surface area contributed by atoms with Crippen LogP contribution in [0.4, 0.5) is 0 Å². The van der Waals surface area contributed by atoms with Crippen molar-refractivity contribution in [1.29, 1.82) is 0 Å². The maximum absolute atomic E-state index is 12.2. The van der Waals surface area contributed by atoms with E-state index in [0.29, 0.717) is 31.3 Å². The van der Waals surface area contributed by atoms with Crippen molar-refractivity contribution in [3.63, 3.8) is 0 Å². The van der Waals surface area contributed by atoms with Crippen molar-refractivity contribution in [3.05, 3.63) is 69.3 Å². The van der Waals surface area contributed by atoms with Crippen LogP contribution in [0.25, 0.3) is 10.8 Å². The molecular weight excluding hydrogens is 523 g/mol. The van der Waals surface area contributed by atoms with E-state index in [9.17, 15) is 4.79 Å². The fraction of sp³-hybridized carbons (Fsp3) is 0.250. The summed E-state index contributed by atoms with van der Waals surface area (Å²) in [5.74, 6) is -0.521. The summed E-state index contributed by atoms with van der Waals surface area (Å²) in [5, 5.41) is 6.35. The maximum Gasteiger partial charge on any atom is 0.300 e. The predicted molar refractivity (Wildman–Crippen MR) is 130 cm³/mol. The summed E-state index contributed by atoms with van der Waals surface area (Å²) in [4.78, 5) is 12.2. The number of fused-ring (bicyclic) bond motifs is 1. The molecule has 3 aromatic rings. The third kappa shape index (κ3) is 4.87. The Bertz CT molecular complexity index is 1150. The summed E-state index contributed by atoms with van der Waals surface area (Å²) < 4.78 is 23.2. The van der Waals surface area contributed by atoms with Crippen LogP contribution in [0.5, 0.6) is 11.5 Å². The number of halogens is 1. The third-order valence-corrected chi connectivity index (χ3v) is 5.94. The fourth-order valence-electron chi connectivity index (χ4n) is 3.44. The lowest BCUT2D eigenvalue weighted by atomic mass is 10.1. The van der Waals surface area contributed by atoms with Gasteiger partial charge >= 0.3 is 0 Å². The first-order valence-electron chi connectivity index (χ1n) is 10.1. The van der Waals surface area contributed by atoms with Crippen molar-refractivity contribution >= 4 is 45.5 Å². The van der Waals surface area contributed by atoms with E-state index in [2.05, 4.69) is 57.4 Å². The van der Waals surface area contributed by atoms with Crippen molar-refractivity contribution in [1.82, 2.24) is 5.43 Å². The van der Waals surface area contributed by atoms with E-state index in [1.54, 1.807) is 20.1 Å². The number of hydrogen-bond acceptors (Lipinski definition) is 6. The van der Waals surface area contributed by atoms with E-state index in [-0.39, 0.29) is 0 Å². The molecule has 8 heteroatoms. The minimum absolute atomic E-state index is 0.378. The molecule has 7 nitrogen and oxygen atoms in total. The number of amides is 1. The largest absolute Gasteiger partial charge is 0.493 e. The monoisotopic (exact) mass is 546 g/mol. The number of nitrogens with zero attached hydrogens (tertiary/aromatic N) is 1. The minimum atomic E-state index is -1.30. The smallest absolute Gasteiger partial charge is 0.300 e. The summed E-state index contributed by atoms with van der Waals surface area (Å²) in [6.07, 6.45) is 1.54. The Morgan fingerprint density at radius 1 is 1.19 bits per heavy atom. The molecule has 0 aliphatic carbocycles. The van der Waals surface area contributed by atoms with Gasteiger partial charge in [-0.15, -0.1) is 0 Å². The highest BCUT2D eigenvalue weighted by Crippen LogP contribution is 2.34. The lowest BCUT2D eigenvalue weighted by Crippen LogP contribution is -2.43. The van der Waals surface area contributed by atoms with Gasteiger partial charge in [0.15, 0.2) is 11.5 Å². The molecular formula is C24H23IN2O5. The molecule has 1 heterocycles. The number of rotatable bonds is 7. The molecule has 1 N–H and O–H groups in total. The molecule has 1 aliphatic heterocycles. The van der Waals surface area contributed by atoms with Crippen molar-refractivity contribution in [2.75, 3.05) is 20.3 Å². The Morgan fingerprint density at radius 2 is 1.94 bits per heavy atom. The number of benzene rings is 3. The number of methoxy groups -OCH3 is 1. The Balaban J connectivity index is 1.47. The third-order valence-electron chi connectivity index (χ3n) is 5.13. The number of hydrazone groups is 1. The summed E-state index contributed by atoms with van der Waals surface area (Å²) in [6, 6.07) is 18.1. The molecule has 0 unspecified atom stereocenters. The highest BCUT2D eigenvalue weighted by atomic mass is 127. The molecule has 1 amide bonds. The molecule has 3 aromatic carbocycles. The van der Waals surface area contributed by atoms with Gasteiger partial charge in [-0.1, -0.05) is 42.5 Å². The first-order valence-corrected chi connectivity index (χ1v) is 11.2. The molecule has 0 saturated carbocycles. The van der Waals surface area contributed by atoms with E-state index in [1.807, 2.05) is 24.3 Å². The highest BCUT2D eigenvalue weighted by Gasteiger charge is 2.39. The second-order valence-electron chi connectivity index (χ2n) is 7.30. The van der Waals surface area contributed by atoms with Gasteiger partial charge in [0.1, 0.15) is 6.61 Å². The lowest BCUT2D eigenvalue weighted by molar-refractivity contribution is -0.176. The summed E-state index contributed by atoms with van der Waals surface area (Å²) in [7, 11) is 1.59. The fourth-order valence-corrected chi connectivity index (χ4v) is 4.22. The summed E-state index contributed by atoms with van der Waals surface area (Å²) in [6.45, 7) is 2.74. The average Bonchev–Trinajstić information content (AvgIpc) is 3.25. The Kier molecular flexibility index (Phi) is 6.92. The second kappa shape index (κ2) is 9.85. The quantitative estimate of drug-likeness (QED) is 0.273. The van der Waals surface area contributed by atoms with Gasteiger partial charge < -0.3 is 18.9 Å². The zero-order chi connectivity index (χ0) is 22.6. The van der Waals surface area contributed by atoms with E-state index < -0.39 is 11.7 Å². The molecule has 1 aliphatic rings. The van der Waals surface area contributed by atoms with E-state index in [0.717, 1.165) is 20.1 Å². The molecule has 0 radical (unpaired) electrons. The Hall–Kier alpha value is -2.69. The normalized spacial score (nSPS) is 15.2. The zero-order valence-corrected chi connectivity index (χ0v) is 19.9. The molecule has 4 rings (SSSR count). The van der Waals surface area contributed by atoms with Gasteiger partial charge in [0, 0.05) is 0 Å². The first-order chi connectivity index (χ1) is 15.5. The predicted octanol–water partition coefficient (Wildman–Crippen LogP) is 4.25. The topological polar surface area (TPSA) is 78.4 Å². The number of carbonyl (C=O) groups excluding carboxylic acids is 1. The Morgan fingerprint density at radius 3 is 2.72 bits per heavy atom. The molecule has 1 fully saturated rings. The second-order valence-corrected chi connectivity index (χ2v) is 8.47. The van der Waals surface area contributed by atoms with Gasteiger partial charge in [-0.2, -0.15) is 5.10 Å². The zero-order valence-electron chi connectivity index (χ0n) is 17.8. The van der Waals surface area contributed by atoms with Gasteiger partial charge in [0.25, 0.3) is 5.91 Å². The standard InChI is InChI=1S/C24H23IN2O5/c1-24(31-10-11-32-24)23(28)27-26-14-16-12-20(25)22(21(13-16)29-2)30-15-18-8-5-7-17-6-3-4-9-19(17)18/h3-9,12-14H,10-11,15H2,1-2H3,(H,27,28)/b26-14-. The van der Waals surface area contributed by atoms with Crippen LogP contribution in [-0.2, 0) is 20.9 Å². The van der Waals surface area contributed by atoms with Gasteiger partial charge in [-0.05, 0) is 63.5 Å². The average molecular weight is 546 g/mol. The van der Waals surface area contributed by atoms with Crippen LogP contribution >= 0.6 is 22.6 Å². The van der Waals surface area contributed by atoms with Crippen molar-refractivity contribution in [2.24, 2.45) is 5.10 Å². The number of ether oxygens (including phenoxy) is 4. The van der Waals surface area contributed by atoms with Crippen molar-refractivity contribution < 1.29 is 23.7 Å². The molecule has 32 heavy (non-hydrogen) atoms. The summed E-state index contributed by atoms with van der Waals surface area (Å²) in [5.41, 5.74) is 4.30. The maximum atomic E-state index is 12.2. The van der Waals surface area contributed by atoms with Crippen molar-refractivity contribution in [2.45, 2.75) is 19.3 Å². The highest BCUT2D eigenvalue weighted by molar-refractivity contribution is 14.1. The van der Waals surface area contributed by atoms with Gasteiger partial charge in [-0.25, -0.2) is 5.43 Å². The molecule has 0 aromatic heterocycles. The van der Waals surface area contributed by atoms with Crippen LogP contribution in [0.3, 0.4) is 0 Å². The van der Waals surface area contributed by atoms with Crippen LogP contribution < -0.4 is 14.9 Å². The van der Waals surface area contributed by atoms with Crippen molar-refractivity contribution in [3.8, 4) is 11.5 Å². The van der Waals surface area contributed by atoms with Gasteiger partial charge in [0.2, 0.25) is 5.79 Å². The van der Waals surface area contributed by atoms with Crippen LogP contribution in [0.15, 0.2) is 59.7 Å². The molecule has 0 bridgehead atoms. The number of hydrogen-bond donors (Lipinski definition) is 1. The molecule has 1 saturated heterocycles. The molecule has 0 spiro atoms. The van der Waals surface area contributed by atoms with Crippen LogP contribution in [0, 0.1) is 3.57 Å². The number of carbonyl (C=O) groups is 1. The van der Waals surface area contributed by atoms with E-state index in [4.69, 9.17) is 18.9 Å². The number of nitrogens with one attached hydrogen (secondary N) is 1. The van der Waals surface area contributed by atoms with Crippen LogP contribution in [0.2, 0.25) is 0 Å². The van der Waals surface area contributed by atoms with E-state index in [1.165, 1.54) is 11.6 Å². The van der Waals surface area contributed by atoms with E-state index >= 15 is 0 Å². The Labute approximate surface area is 199 Å². The summed E-state index contributed by atoms with van der Waals surface area (Å²) >= 11 is 2.20. The first kappa shape index (κ1) is 22.5.